The molecule has 0 unspecified atom stereocenters. The number of hydrogen-bond acceptors (Lipinski definition) is 10. The molecule has 1 N–H and O–H groups in total. The van der Waals surface area contributed by atoms with E-state index in [4.69, 9.17) is 19.3 Å². The minimum atomic E-state index is -0.332. The molecule has 62 heavy (non-hydrogen) atoms. The van der Waals surface area contributed by atoms with Crippen LogP contribution in [-0.4, -0.2) is 123 Å². The minimum absolute atomic E-state index is 0.0694. The molecule has 3 aromatic heterocycles. The minimum Gasteiger partial charge on any atom is -0.389 e. The third kappa shape index (κ3) is 14.1. The van der Waals surface area contributed by atoms with Gasteiger partial charge >= 0.3 is 0 Å². The first kappa shape index (κ1) is 46.3. The first-order valence-electron chi connectivity index (χ1n) is 22.3. The van der Waals surface area contributed by atoms with Gasteiger partial charge in [-0.05, 0) is 123 Å². The summed E-state index contributed by atoms with van der Waals surface area (Å²) in [4.78, 5) is 29.5. The Kier molecular flexibility index (Phi) is 17.8. The van der Waals surface area contributed by atoms with Crippen molar-refractivity contribution in [2.45, 2.75) is 58.5 Å². The van der Waals surface area contributed by atoms with Crippen molar-refractivity contribution in [3.05, 3.63) is 106 Å². The van der Waals surface area contributed by atoms with Crippen molar-refractivity contribution >= 4 is 76.1 Å². The number of carbonyl (C=O) groups is 2. The lowest BCUT2D eigenvalue weighted by atomic mass is 10.0. The van der Waals surface area contributed by atoms with Crippen molar-refractivity contribution in [3.63, 3.8) is 0 Å². The van der Waals surface area contributed by atoms with E-state index in [1.54, 1.807) is 38.9 Å². The number of thiophene rings is 3. The molecule has 12 heteroatoms. The van der Waals surface area contributed by atoms with Crippen LogP contribution in [0.2, 0.25) is 0 Å². The summed E-state index contributed by atoms with van der Waals surface area (Å²) >= 11 is 5.32. The summed E-state index contributed by atoms with van der Waals surface area (Å²) in [7, 11) is 0. The van der Waals surface area contributed by atoms with E-state index in [0.717, 1.165) is 57.9 Å². The van der Waals surface area contributed by atoms with Crippen LogP contribution in [0.3, 0.4) is 0 Å². The number of aliphatic hydroxyl groups excluding tert-OH is 1. The van der Waals surface area contributed by atoms with Gasteiger partial charge in [-0.1, -0.05) is 50.2 Å². The van der Waals surface area contributed by atoms with Gasteiger partial charge in [0.2, 0.25) is 11.8 Å². The summed E-state index contributed by atoms with van der Waals surface area (Å²) in [6.07, 6.45) is 4.53. The second-order valence-electron chi connectivity index (χ2n) is 17.0. The third-order valence-corrected chi connectivity index (χ3v) is 14.3. The Morgan fingerprint density at radius 2 is 0.952 bits per heavy atom. The molecule has 0 atom stereocenters. The van der Waals surface area contributed by atoms with Gasteiger partial charge in [-0.15, -0.1) is 34.0 Å². The van der Waals surface area contributed by atoms with E-state index in [-0.39, 0.29) is 17.9 Å². The second kappa shape index (κ2) is 23.8. The largest absolute Gasteiger partial charge is 0.389 e. The van der Waals surface area contributed by atoms with Crippen LogP contribution in [0.5, 0.6) is 0 Å². The molecule has 0 aliphatic carbocycles. The average molecular weight is 898 g/mol. The van der Waals surface area contributed by atoms with Crippen LogP contribution in [0.1, 0.15) is 49.8 Å². The Hall–Kier alpha value is -3.72. The Bertz CT molecular complexity index is 2180. The summed E-state index contributed by atoms with van der Waals surface area (Å²) < 4.78 is 20.9. The lowest BCUT2D eigenvalue weighted by molar-refractivity contribution is -0.142. The highest BCUT2D eigenvalue weighted by atomic mass is 32.1. The highest BCUT2D eigenvalue weighted by Crippen LogP contribution is 2.24. The number of β-amino-alcohol motifs (C(OH)–C–C–N with tert-alkyl or cyclic N) is 1. The molecule has 0 radical (unpaired) electrons. The van der Waals surface area contributed by atoms with Gasteiger partial charge in [-0.2, -0.15) is 0 Å². The zero-order valence-corrected chi connectivity index (χ0v) is 38.8. The zero-order chi connectivity index (χ0) is 43.1. The lowest BCUT2D eigenvalue weighted by Crippen LogP contribution is -2.53. The Labute approximate surface area is 379 Å². The van der Waals surface area contributed by atoms with E-state index in [1.165, 1.54) is 66.6 Å². The highest BCUT2D eigenvalue weighted by molar-refractivity contribution is 7.17. The highest BCUT2D eigenvalue weighted by Gasteiger charge is 2.28. The Balaban J connectivity index is 0.000000140. The molecule has 9 rings (SSSR count). The summed E-state index contributed by atoms with van der Waals surface area (Å²) in [6, 6.07) is 26.2. The van der Waals surface area contributed by atoms with Crippen molar-refractivity contribution in [2.24, 2.45) is 11.8 Å². The Morgan fingerprint density at radius 1 is 0.548 bits per heavy atom. The van der Waals surface area contributed by atoms with Crippen LogP contribution in [0.15, 0.2) is 88.9 Å². The molecule has 6 aromatic rings. The number of benzene rings is 3. The molecule has 6 heterocycles. The third-order valence-electron chi connectivity index (χ3n) is 11.6. The van der Waals surface area contributed by atoms with Crippen molar-refractivity contribution in [2.75, 3.05) is 85.5 Å². The predicted octanol–water partition coefficient (Wildman–Crippen LogP) is 9.18. The van der Waals surface area contributed by atoms with Crippen LogP contribution in [0.25, 0.3) is 30.3 Å². The van der Waals surface area contributed by atoms with Crippen molar-refractivity contribution < 1.29 is 28.9 Å². The van der Waals surface area contributed by atoms with E-state index < -0.39 is 0 Å². The van der Waals surface area contributed by atoms with E-state index in [2.05, 4.69) is 108 Å². The Morgan fingerprint density at radius 3 is 1.35 bits per heavy atom. The van der Waals surface area contributed by atoms with Crippen LogP contribution < -0.4 is 0 Å². The SMILES string of the molecule is CC1CN(C(=O)CCOCCc2ccc3sccc3c2)C1.CC1CN(CCCOCCc2ccc3sccc3c2)C1.O=C(CCOCCc1ccc2sccc2c1)N1CC(O)C1. The molecule has 3 fully saturated rings. The van der Waals surface area contributed by atoms with E-state index in [9.17, 15) is 9.59 Å². The topological polar surface area (TPSA) is 91.8 Å². The second-order valence-corrected chi connectivity index (χ2v) is 19.9. The number of nitrogens with zero attached hydrogens (tertiary/aromatic N) is 3. The van der Waals surface area contributed by atoms with Crippen LogP contribution >= 0.6 is 34.0 Å². The molecule has 9 nitrogen and oxygen atoms in total. The number of fused-ring (bicyclic) bond motifs is 3. The fourth-order valence-electron chi connectivity index (χ4n) is 7.99. The van der Waals surface area contributed by atoms with Gasteiger partial charge in [0.1, 0.15) is 0 Å². The standard InChI is InChI=1S/C17H21NO2S.C17H23NOS.C16H19NO3S/c1-13-11-18(12-13)17(19)5-8-20-7-4-14-2-3-16-15(10-14)6-9-21-16;1-14-12-18(13-14)7-2-8-19-9-5-15-3-4-17-16(11-15)6-10-20-17;18-14-10-17(11-14)16(19)4-7-20-6-3-12-1-2-15-13(9-12)5-8-21-15/h2-3,6,9-10,13H,4-5,7-8,11-12H2,1H3;3-4,6,10-11,14H,2,5,7-9,12-13H2,1H3;1-2,5,8-9,14,18H,3-4,6-7,10-11H2. The fourth-order valence-corrected chi connectivity index (χ4v) is 10.3. The number of rotatable bonds is 19. The average Bonchev–Trinajstić information content (AvgIpc) is 4.03. The molecule has 3 saturated heterocycles. The first-order valence-corrected chi connectivity index (χ1v) is 25.0. The van der Waals surface area contributed by atoms with Gasteiger partial charge in [-0.25, -0.2) is 0 Å². The predicted molar refractivity (Wildman–Crippen MR) is 257 cm³/mol. The quantitative estimate of drug-likeness (QED) is 0.0812. The first-order chi connectivity index (χ1) is 30.3. The van der Waals surface area contributed by atoms with Crippen molar-refractivity contribution in [1.82, 2.24) is 14.7 Å². The summed E-state index contributed by atoms with van der Waals surface area (Å²) in [5.74, 6) is 1.87. The maximum atomic E-state index is 11.8. The summed E-state index contributed by atoms with van der Waals surface area (Å²) in [6.45, 7) is 15.0. The molecule has 332 valence electrons. The number of aliphatic hydroxyl groups is 1. The maximum Gasteiger partial charge on any atom is 0.225 e. The number of ether oxygens (including phenoxy) is 3. The molecular formula is C50H63N3O6S3. The van der Waals surface area contributed by atoms with Crippen molar-refractivity contribution in [3.8, 4) is 0 Å². The van der Waals surface area contributed by atoms with Crippen LogP contribution in [-0.2, 0) is 43.1 Å². The zero-order valence-electron chi connectivity index (χ0n) is 36.4. The van der Waals surface area contributed by atoms with Crippen LogP contribution in [0, 0.1) is 11.8 Å². The molecule has 3 aliphatic rings. The summed E-state index contributed by atoms with van der Waals surface area (Å²) in [5.41, 5.74) is 3.94. The van der Waals surface area contributed by atoms with Gasteiger partial charge in [0, 0.05) is 66.5 Å². The van der Waals surface area contributed by atoms with Gasteiger partial charge in [0.15, 0.2) is 0 Å². The number of likely N-dealkylation sites (tertiary alicyclic amines) is 3. The molecule has 0 saturated carbocycles. The fraction of sp³-hybridized carbons (Fsp3) is 0.480. The normalized spacial score (nSPS) is 15.8. The van der Waals surface area contributed by atoms with Gasteiger partial charge < -0.3 is 34.0 Å². The number of amides is 2. The smallest absolute Gasteiger partial charge is 0.225 e. The van der Waals surface area contributed by atoms with Gasteiger partial charge in [0.25, 0.3) is 0 Å². The molecule has 3 aliphatic heterocycles. The lowest BCUT2D eigenvalue weighted by Gasteiger charge is -2.37. The van der Waals surface area contributed by atoms with E-state index in [1.807, 2.05) is 4.90 Å². The van der Waals surface area contributed by atoms with Gasteiger partial charge in [-0.3, -0.25) is 9.59 Å². The molecule has 3 aromatic carbocycles. The molecule has 0 spiro atoms. The van der Waals surface area contributed by atoms with Gasteiger partial charge in [0.05, 0.1) is 52.0 Å². The van der Waals surface area contributed by atoms with E-state index in [0.29, 0.717) is 58.3 Å². The molecule has 2 amide bonds. The summed E-state index contributed by atoms with van der Waals surface area (Å²) in [5, 5.41) is 19.5. The maximum absolute atomic E-state index is 11.8. The van der Waals surface area contributed by atoms with Crippen molar-refractivity contribution in [1.29, 1.82) is 0 Å². The van der Waals surface area contributed by atoms with Crippen LogP contribution in [0.4, 0.5) is 0 Å². The number of carbonyl (C=O) groups excluding carboxylic acids is 2. The number of hydrogen-bond donors (Lipinski definition) is 1. The van der Waals surface area contributed by atoms with E-state index >= 15 is 0 Å². The monoisotopic (exact) mass is 897 g/mol. The molecular weight excluding hydrogens is 835 g/mol. The molecule has 0 bridgehead atoms.